The third kappa shape index (κ3) is 7.18. The molecule has 1 aromatic heterocycles. The maximum atomic E-state index is 12.2. The number of ether oxygens (including phenoxy) is 3. The van der Waals surface area contributed by atoms with Gasteiger partial charge in [-0.25, -0.2) is 10.1 Å². The molecule has 4 N–H and O–H groups in total. The second-order valence-corrected chi connectivity index (χ2v) is 7.91. The first kappa shape index (κ1) is 26.5. The fourth-order valence-electron chi connectivity index (χ4n) is 2.78. The molecule has 1 heterocycles. The molecule has 0 aliphatic rings. The number of alkyl halides is 3. The normalized spacial score (nSPS) is 11.7. The van der Waals surface area contributed by atoms with Gasteiger partial charge in [-0.05, 0) is 49.4 Å². The van der Waals surface area contributed by atoms with E-state index in [4.69, 9.17) is 15.3 Å². The van der Waals surface area contributed by atoms with Crippen LogP contribution in [-0.2, 0) is 4.79 Å². The van der Waals surface area contributed by atoms with Crippen molar-refractivity contribution >= 4 is 35.0 Å². The third-order valence-corrected chi connectivity index (χ3v) is 5.44. The van der Waals surface area contributed by atoms with E-state index in [2.05, 4.69) is 30.8 Å². The summed E-state index contributed by atoms with van der Waals surface area (Å²) in [5.74, 6) is 6.36. The Morgan fingerprint density at radius 1 is 1.11 bits per heavy atom. The van der Waals surface area contributed by atoms with Crippen molar-refractivity contribution in [3.05, 3.63) is 48.0 Å². The van der Waals surface area contributed by atoms with Crippen LogP contribution >= 0.6 is 11.8 Å². The molecule has 0 aliphatic heterocycles. The average molecular weight is 526 g/mol. The summed E-state index contributed by atoms with van der Waals surface area (Å²) in [6.07, 6.45) is -4.79. The predicted octanol–water partition coefficient (Wildman–Crippen LogP) is 3.47. The Balaban J connectivity index is 1.55. The summed E-state index contributed by atoms with van der Waals surface area (Å²) in [5.41, 5.74) is 4.40. The molecule has 0 spiro atoms. The minimum atomic E-state index is -4.79. The zero-order valence-electron chi connectivity index (χ0n) is 19.3. The van der Waals surface area contributed by atoms with E-state index in [1.54, 1.807) is 26.2 Å². The third-order valence-electron chi connectivity index (χ3n) is 4.49. The SMILES string of the molecule is COc1ccc(/C(C)=N/Nc2nnc(SCC(=O)Nc3ccc(OC(F)(F)F)cc3)n2N)cc1OC. The zero-order chi connectivity index (χ0) is 26.3. The Morgan fingerprint density at radius 2 is 1.81 bits per heavy atom. The van der Waals surface area contributed by atoms with Gasteiger partial charge < -0.3 is 25.4 Å². The molecule has 2 aromatic carbocycles. The number of nitrogens with one attached hydrogen (secondary N) is 2. The highest BCUT2D eigenvalue weighted by Crippen LogP contribution is 2.28. The van der Waals surface area contributed by atoms with Gasteiger partial charge in [0, 0.05) is 11.3 Å². The summed E-state index contributed by atoms with van der Waals surface area (Å²) < 4.78 is 52.1. The van der Waals surface area contributed by atoms with Gasteiger partial charge in [0.05, 0.1) is 25.7 Å². The number of halogens is 3. The lowest BCUT2D eigenvalue weighted by Crippen LogP contribution is -2.18. The molecule has 1 amide bonds. The minimum absolute atomic E-state index is 0.0793. The summed E-state index contributed by atoms with van der Waals surface area (Å²) in [5, 5.41) is 14.9. The number of nitrogen functional groups attached to an aromatic ring is 1. The van der Waals surface area contributed by atoms with Crippen LogP contribution in [0.3, 0.4) is 0 Å². The smallest absolute Gasteiger partial charge is 0.493 e. The minimum Gasteiger partial charge on any atom is -0.493 e. The van der Waals surface area contributed by atoms with Crippen LogP contribution in [0, 0.1) is 0 Å². The van der Waals surface area contributed by atoms with E-state index in [0.717, 1.165) is 34.1 Å². The zero-order valence-corrected chi connectivity index (χ0v) is 20.1. The van der Waals surface area contributed by atoms with Gasteiger partial charge in [-0.15, -0.1) is 23.4 Å². The van der Waals surface area contributed by atoms with Gasteiger partial charge in [0.1, 0.15) is 5.75 Å². The lowest BCUT2D eigenvalue weighted by atomic mass is 10.1. The number of methoxy groups -OCH3 is 2. The van der Waals surface area contributed by atoms with Crippen LogP contribution in [0.4, 0.5) is 24.8 Å². The van der Waals surface area contributed by atoms with E-state index in [-0.39, 0.29) is 16.9 Å². The van der Waals surface area contributed by atoms with Gasteiger partial charge in [-0.1, -0.05) is 11.8 Å². The van der Waals surface area contributed by atoms with Gasteiger partial charge >= 0.3 is 6.36 Å². The molecule has 0 atom stereocenters. The molecule has 3 aromatic rings. The first-order valence-electron chi connectivity index (χ1n) is 10.1. The van der Waals surface area contributed by atoms with E-state index in [0.29, 0.717) is 22.9 Å². The van der Waals surface area contributed by atoms with E-state index in [1.165, 1.54) is 19.2 Å². The average Bonchev–Trinajstić information content (AvgIpc) is 3.20. The number of hydrazone groups is 1. The van der Waals surface area contributed by atoms with Crippen LogP contribution in [0.2, 0.25) is 0 Å². The highest BCUT2D eigenvalue weighted by molar-refractivity contribution is 7.99. The molecule has 11 nitrogen and oxygen atoms in total. The van der Waals surface area contributed by atoms with Crippen LogP contribution < -0.4 is 30.8 Å². The van der Waals surface area contributed by atoms with Crippen molar-refractivity contribution in [1.29, 1.82) is 0 Å². The number of carbonyl (C=O) groups excluding carboxylic acids is 1. The number of thioether (sulfide) groups is 1. The Labute approximate surface area is 207 Å². The number of hydrogen-bond acceptors (Lipinski definition) is 10. The Morgan fingerprint density at radius 3 is 2.44 bits per heavy atom. The summed E-state index contributed by atoms with van der Waals surface area (Å²) in [7, 11) is 3.08. The fourth-order valence-corrected chi connectivity index (χ4v) is 3.43. The Kier molecular flexibility index (Phi) is 8.47. The van der Waals surface area contributed by atoms with Crippen LogP contribution in [0.15, 0.2) is 52.7 Å². The van der Waals surface area contributed by atoms with Gasteiger partial charge in [0.2, 0.25) is 11.1 Å². The topological polar surface area (TPSA) is 138 Å². The summed E-state index contributed by atoms with van der Waals surface area (Å²) in [6, 6.07) is 10.1. The lowest BCUT2D eigenvalue weighted by molar-refractivity contribution is -0.274. The van der Waals surface area contributed by atoms with Crippen LogP contribution in [0.1, 0.15) is 12.5 Å². The predicted molar refractivity (Wildman–Crippen MR) is 128 cm³/mol. The summed E-state index contributed by atoms with van der Waals surface area (Å²) >= 11 is 1.01. The second-order valence-electron chi connectivity index (χ2n) is 6.96. The van der Waals surface area contributed by atoms with E-state index in [9.17, 15) is 18.0 Å². The van der Waals surface area contributed by atoms with Crippen LogP contribution in [-0.4, -0.2) is 52.8 Å². The molecule has 0 unspecified atom stereocenters. The molecule has 15 heteroatoms. The monoisotopic (exact) mass is 525 g/mol. The molecular weight excluding hydrogens is 503 g/mol. The molecule has 192 valence electrons. The van der Waals surface area contributed by atoms with Gasteiger partial charge in [-0.3, -0.25) is 4.79 Å². The van der Waals surface area contributed by atoms with Crippen molar-refractivity contribution in [1.82, 2.24) is 14.9 Å². The maximum absolute atomic E-state index is 12.2. The van der Waals surface area contributed by atoms with E-state index >= 15 is 0 Å². The molecule has 0 fully saturated rings. The van der Waals surface area contributed by atoms with E-state index < -0.39 is 18.0 Å². The number of nitrogens with zero attached hydrogens (tertiary/aromatic N) is 4. The number of rotatable bonds is 10. The molecule has 0 radical (unpaired) electrons. The van der Waals surface area contributed by atoms with Crippen molar-refractivity contribution in [2.75, 3.05) is 36.6 Å². The van der Waals surface area contributed by atoms with Crippen molar-refractivity contribution in [2.45, 2.75) is 18.4 Å². The number of benzene rings is 2. The lowest BCUT2D eigenvalue weighted by Gasteiger charge is -2.10. The number of nitrogens with two attached hydrogens (primary N) is 1. The molecular formula is C21H22F3N7O4S. The molecule has 36 heavy (non-hydrogen) atoms. The maximum Gasteiger partial charge on any atom is 0.573 e. The second kappa shape index (κ2) is 11.5. The van der Waals surface area contributed by atoms with Gasteiger partial charge in [0.15, 0.2) is 11.5 Å². The number of aromatic nitrogens is 3. The largest absolute Gasteiger partial charge is 0.573 e. The van der Waals surface area contributed by atoms with Gasteiger partial charge in [-0.2, -0.15) is 5.10 Å². The van der Waals surface area contributed by atoms with Crippen LogP contribution in [0.5, 0.6) is 17.2 Å². The van der Waals surface area contributed by atoms with Crippen molar-refractivity contribution in [2.24, 2.45) is 5.10 Å². The summed E-state index contributed by atoms with van der Waals surface area (Å²) in [4.78, 5) is 12.2. The van der Waals surface area contributed by atoms with Crippen molar-refractivity contribution in [3.63, 3.8) is 0 Å². The quantitative estimate of drug-likeness (QED) is 0.157. The molecule has 0 saturated carbocycles. The van der Waals surface area contributed by atoms with E-state index in [1.807, 2.05) is 6.07 Å². The number of anilines is 2. The first-order valence-corrected chi connectivity index (χ1v) is 11.1. The number of amides is 1. The molecule has 0 saturated heterocycles. The first-order chi connectivity index (χ1) is 17.1. The van der Waals surface area contributed by atoms with Crippen molar-refractivity contribution in [3.8, 4) is 17.2 Å². The van der Waals surface area contributed by atoms with Crippen molar-refractivity contribution < 1.29 is 32.2 Å². The molecule has 0 aliphatic carbocycles. The summed E-state index contributed by atoms with van der Waals surface area (Å²) in [6.45, 7) is 1.77. The Bertz CT molecular complexity index is 1230. The molecule has 3 rings (SSSR count). The standard InChI is InChI=1S/C21H22F3N7O4S/c1-12(13-4-9-16(33-2)17(10-13)34-3)27-28-19-29-30-20(31(19)25)36-11-18(32)26-14-5-7-15(8-6-14)35-21(22,23)24/h4-10H,11,25H2,1-3H3,(H,26,32)(H,28,29)/b27-12+. The van der Waals surface area contributed by atoms with Gasteiger partial charge in [0.25, 0.3) is 5.95 Å². The number of carbonyl (C=O) groups is 1. The Hall–Kier alpha value is -4.14. The van der Waals surface area contributed by atoms with Crippen LogP contribution in [0.25, 0.3) is 0 Å². The molecule has 0 bridgehead atoms. The fraction of sp³-hybridized carbons (Fsp3) is 0.238. The highest BCUT2D eigenvalue weighted by atomic mass is 32.2. The highest BCUT2D eigenvalue weighted by Gasteiger charge is 2.31. The number of hydrogen-bond donors (Lipinski definition) is 3.